The van der Waals surface area contributed by atoms with Crippen LogP contribution in [0.1, 0.15) is 12.8 Å². The van der Waals surface area contributed by atoms with Crippen LogP contribution in [0.4, 0.5) is 0 Å². The summed E-state index contributed by atoms with van der Waals surface area (Å²) < 4.78 is 0. The Balaban J connectivity index is 1.78. The SMILES string of the molecule is C=CCON1[CH]C2CC1C2. The van der Waals surface area contributed by atoms with Gasteiger partial charge in [0.1, 0.15) is 0 Å². The Morgan fingerprint density at radius 1 is 1.70 bits per heavy atom. The Hall–Kier alpha value is -0.340. The predicted octanol–water partition coefficient (Wildman–Crippen LogP) is 1.36. The van der Waals surface area contributed by atoms with E-state index in [9.17, 15) is 0 Å². The van der Waals surface area contributed by atoms with Crippen LogP contribution in [0.25, 0.3) is 0 Å². The third-order valence-corrected chi connectivity index (χ3v) is 2.21. The van der Waals surface area contributed by atoms with E-state index in [0.717, 1.165) is 5.92 Å². The minimum absolute atomic E-state index is 0.639. The molecule has 0 aromatic rings. The maximum absolute atomic E-state index is 5.37. The van der Waals surface area contributed by atoms with Crippen LogP contribution < -0.4 is 0 Å². The lowest BCUT2D eigenvalue weighted by molar-refractivity contribution is -0.133. The molecule has 3 rings (SSSR count). The number of hydroxylamine groups is 2. The molecule has 0 aromatic heterocycles. The molecule has 0 unspecified atom stereocenters. The van der Waals surface area contributed by atoms with Crippen LogP contribution in [0, 0.1) is 12.5 Å². The quantitative estimate of drug-likeness (QED) is 0.546. The molecule has 2 heteroatoms. The number of hydrogen-bond donors (Lipinski definition) is 0. The molecule has 0 N–H and O–H groups in total. The second kappa shape index (κ2) is 2.36. The maximum Gasteiger partial charge on any atom is 0.0864 e. The van der Waals surface area contributed by atoms with E-state index in [1.54, 1.807) is 6.08 Å². The van der Waals surface area contributed by atoms with E-state index in [2.05, 4.69) is 13.1 Å². The highest BCUT2D eigenvalue weighted by Crippen LogP contribution is 2.43. The van der Waals surface area contributed by atoms with Crippen LogP contribution in [0.3, 0.4) is 0 Å². The highest BCUT2D eigenvalue weighted by molar-refractivity contribution is 5.01. The third-order valence-electron chi connectivity index (χ3n) is 2.21. The topological polar surface area (TPSA) is 12.5 Å². The van der Waals surface area contributed by atoms with Crippen molar-refractivity contribution in [2.24, 2.45) is 5.92 Å². The zero-order valence-electron chi connectivity index (χ0n) is 5.99. The first-order chi connectivity index (χ1) is 4.90. The largest absolute Gasteiger partial charge is 0.294 e. The van der Waals surface area contributed by atoms with Gasteiger partial charge in [-0.1, -0.05) is 6.08 Å². The minimum Gasteiger partial charge on any atom is -0.294 e. The zero-order valence-corrected chi connectivity index (χ0v) is 5.99. The molecule has 3 aliphatic rings. The van der Waals surface area contributed by atoms with Gasteiger partial charge in [-0.2, -0.15) is 5.06 Å². The summed E-state index contributed by atoms with van der Waals surface area (Å²) in [4.78, 5) is 5.37. The van der Waals surface area contributed by atoms with Gasteiger partial charge in [0, 0.05) is 6.04 Å². The third kappa shape index (κ3) is 0.879. The van der Waals surface area contributed by atoms with Gasteiger partial charge in [-0.25, -0.2) is 0 Å². The first kappa shape index (κ1) is 6.38. The molecule has 2 heterocycles. The summed E-state index contributed by atoms with van der Waals surface area (Å²) in [5.74, 6) is 0.815. The summed E-state index contributed by atoms with van der Waals surface area (Å²) in [5.41, 5.74) is 0. The number of rotatable bonds is 3. The summed E-state index contributed by atoms with van der Waals surface area (Å²) in [6, 6.07) is 0.685. The van der Waals surface area contributed by atoms with E-state index >= 15 is 0 Å². The molecule has 2 bridgehead atoms. The van der Waals surface area contributed by atoms with E-state index in [1.807, 2.05) is 5.06 Å². The van der Waals surface area contributed by atoms with Crippen molar-refractivity contribution in [2.75, 3.05) is 6.61 Å². The Bertz CT molecular complexity index is 140. The summed E-state index contributed by atoms with van der Waals surface area (Å²) in [6.07, 6.45) is 4.39. The van der Waals surface area contributed by atoms with Gasteiger partial charge in [0.2, 0.25) is 0 Å². The van der Waals surface area contributed by atoms with E-state index in [0.29, 0.717) is 12.6 Å². The molecule has 55 valence electrons. The second-order valence-electron chi connectivity index (χ2n) is 2.98. The Morgan fingerprint density at radius 3 is 3.00 bits per heavy atom. The number of fused-ring (bicyclic) bond motifs is 1. The lowest BCUT2D eigenvalue weighted by atomic mass is 9.87. The van der Waals surface area contributed by atoms with Crippen LogP contribution >= 0.6 is 0 Å². The van der Waals surface area contributed by atoms with Gasteiger partial charge in [0.15, 0.2) is 0 Å². The lowest BCUT2D eigenvalue weighted by Gasteiger charge is -2.24. The molecular weight excluding hydrogens is 126 g/mol. The molecule has 3 fully saturated rings. The fourth-order valence-corrected chi connectivity index (χ4v) is 1.58. The molecule has 2 saturated heterocycles. The van der Waals surface area contributed by atoms with Crippen LogP contribution in [-0.4, -0.2) is 17.7 Å². The van der Waals surface area contributed by atoms with Crippen molar-refractivity contribution in [3.05, 3.63) is 19.2 Å². The van der Waals surface area contributed by atoms with Crippen molar-refractivity contribution in [3.63, 3.8) is 0 Å². The minimum atomic E-state index is 0.639. The van der Waals surface area contributed by atoms with Crippen molar-refractivity contribution >= 4 is 0 Å². The van der Waals surface area contributed by atoms with Crippen molar-refractivity contribution in [1.82, 2.24) is 5.06 Å². The van der Waals surface area contributed by atoms with Crippen LogP contribution in [0.2, 0.25) is 0 Å². The number of hydrogen-bond acceptors (Lipinski definition) is 2. The second-order valence-corrected chi connectivity index (χ2v) is 2.98. The van der Waals surface area contributed by atoms with Gasteiger partial charge < -0.3 is 0 Å². The van der Waals surface area contributed by atoms with Crippen molar-refractivity contribution < 1.29 is 4.84 Å². The standard InChI is InChI=1S/C8H12NO/c1-2-3-10-9-6-7-4-8(9)5-7/h2,6-8H,1,3-5H2. The van der Waals surface area contributed by atoms with Crippen molar-refractivity contribution in [1.29, 1.82) is 0 Å². The fourth-order valence-electron chi connectivity index (χ4n) is 1.58. The van der Waals surface area contributed by atoms with Gasteiger partial charge in [-0.05, 0) is 18.8 Å². The first-order valence-corrected chi connectivity index (χ1v) is 3.77. The van der Waals surface area contributed by atoms with E-state index in [4.69, 9.17) is 4.84 Å². The Labute approximate surface area is 61.4 Å². The van der Waals surface area contributed by atoms with Crippen LogP contribution in [0.5, 0.6) is 0 Å². The molecule has 0 atom stereocenters. The summed E-state index contributed by atoms with van der Waals surface area (Å²) in [7, 11) is 0. The van der Waals surface area contributed by atoms with E-state index in [-0.39, 0.29) is 0 Å². The molecule has 0 amide bonds. The molecule has 0 aromatic carbocycles. The van der Waals surface area contributed by atoms with E-state index < -0.39 is 0 Å². The van der Waals surface area contributed by atoms with Gasteiger partial charge in [-0.3, -0.25) is 4.84 Å². The lowest BCUT2D eigenvalue weighted by Crippen LogP contribution is -2.28. The maximum atomic E-state index is 5.37. The smallest absolute Gasteiger partial charge is 0.0864 e. The molecule has 2 aliphatic heterocycles. The van der Waals surface area contributed by atoms with Gasteiger partial charge in [0.25, 0.3) is 0 Å². The van der Waals surface area contributed by atoms with Gasteiger partial charge >= 0.3 is 0 Å². The fraction of sp³-hybridized carbons (Fsp3) is 0.625. The molecule has 1 aliphatic carbocycles. The molecule has 1 saturated carbocycles. The average Bonchev–Trinajstić information content (AvgIpc) is 2.37. The average molecular weight is 138 g/mol. The summed E-state index contributed by atoms with van der Waals surface area (Å²) in [6.45, 7) is 6.42. The Morgan fingerprint density at radius 2 is 2.50 bits per heavy atom. The molecule has 1 radical (unpaired) electrons. The van der Waals surface area contributed by atoms with Crippen molar-refractivity contribution in [3.8, 4) is 0 Å². The predicted molar refractivity (Wildman–Crippen MR) is 38.8 cm³/mol. The van der Waals surface area contributed by atoms with Gasteiger partial charge in [0.05, 0.1) is 13.2 Å². The van der Waals surface area contributed by atoms with E-state index in [1.165, 1.54) is 12.8 Å². The van der Waals surface area contributed by atoms with Crippen LogP contribution in [-0.2, 0) is 4.84 Å². The Kier molecular flexibility index (Phi) is 1.51. The zero-order chi connectivity index (χ0) is 6.97. The summed E-state index contributed by atoms with van der Waals surface area (Å²) in [5, 5.41) is 1.99. The molecule has 2 nitrogen and oxygen atoms in total. The van der Waals surface area contributed by atoms with Crippen molar-refractivity contribution in [2.45, 2.75) is 18.9 Å². The first-order valence-electron chi connectivity index (χ1n) is 3.77. The van der Waals surface area contributed by atoms with Gasteiger partial charge in [-0.15, -0.1) is 6.58 Å². The summed E-state index contributed by atoms with van der Waals surface area (Å²) >= 11 is 0. The molecule has 0 spiro atoms. The monoisotopic (exact) mass is 138 g/mol. The normalized spacial score (nSPS) is 37.6. The highest BCUT2D eigenvalue weighted by Gasteiger charge is 2.43. The number of nitrogens with zero attached hydrogens (tertiary/aromatic N) is 1. The molecule has 10 heavy (non-hydrogen) atoms. The molecular formula is C8H12NO. The van der Waals surface area contributed by atoms with Crippen LogP contribution in [0.15, 0.2) is 12.7 Å². The highest BCUT2D eigenvalue weighted by atomic mass is 16.7.